The van der Waals surface area contributed by atoms with Gasteiger partial charge < -0.3 is 4.74 Å². The highest BCUT2D eigenvalue weighted by Gasteiger charge is 2.09. The molecular weight excluding hydrogens is 296 g/mol. The fourth-order valence-electron chi connectivity index (χ4n) is 1.57. The molecule has 110 valence electrons. The molecule has 0 unspecified atom stereocenters. The number of benzene rings is 1. The number of halogens is 1. The molecule has 0 amide bonds. The molecule has 1 aromatic rings. The van der Waals surface area contributed by atoms with E-state index in [1.54, 1.807) is 12.1 Å². The van der Waals surface area contributed by atoms with Gasteiger partial charge in [-0.2, -0.15) is 0 Å². The zero-order valence-electron chi connectivity index (χ0n) is 11.6. The number of sulfone groups is 1. The highest BCUT2D eigenvalue weighted by molar-refractivity contribution is 7.91. The summed E-state index contributed by atoms with van der Waals surface area (Å²) in [6, 6.07) is 7.30. The van der Waals surface area contributed by atoms with Crippen molar-refractivity contribution in [3.05, 3.63) is 29.8 Å². The molecule has 1 aromatic carbocycles. The highest BCUT2D eigenvalue weighted by atomic mass is 35.5. The van der Waals surface area contributed by atoms with Gasteiger partial charge in [0.1, 0.15) is 12.4 Å². The summed E-state index contributed by atoms with van der Waals surface area (Å²) >= 11 is 5.55. The highest BCUT2D eigenvalue weighted by Crippen LogP contribution is 2.12. The Morgan fingerprint density at radius 2 is 2.10 bits per heavy atom. The van der Waals surface area contributed by atoms with Crippen LogP contribution in [0.1, 0.15) is 25.3 Å². The van der Waals surface area contributed by atoms with Crippen molar-refractivity contribution in [2.45, 2.75) is 19.8 Å². The van der Waals surface area contributed by atoms with Crippen LogP contribution in [0.4, 0.5) is 0 Å². The second kappa shape index (κ2) is 8.89. The van der Waals surface area contributed by atoms with Gasteiger partial charge in [-0.05, 0) is 24.6 Å². The van der Waals surface area contributed by atoms with Crippen molar-refractivity contribution < 1.29 is 13.2 Å². The van der Waals surface area contributed by atoms with Crippen LogP contribution in [0, 0.1) is 11.8 Å². The maximum absolute atomic E-state index is 11.5. The summed E-state index contributed by atoms with van der Waals surface area (Å²) in [5.41, 5.74) is 0.837. The molecule has 0 atom stereocenters. The fourth-order valence-corrected chi connectivity index (χ4v) is 2.83. The summed E-state index contributed by atoms with van der Waals surface area (Å²) in [5, 5.41) is 0. The lowest BCUT2D eigenvalue weighted by atomic mass is 10.2. The number of hydrogen-bond donors (Lipinski definition) is 0. The molecule has 5 heteroatoms. The van der Waals surface area contributed by atoms with Gasteiger partial charge in [0.25, 0.3) is 0 Å². The van der Waals surface area contributed by atoms with E-state index in [9.17, 15) is 8.42 Å². The largest absolute Gasteiger partial charge is 0.492 e. The van der Waals surface area contributed by atoms with Crippen molar-refractivity contribution in [2.75, 3.05) is 24.0 Å². The summed E-state index contributed by atoms with van der Waals surface area (Å²) in [6.45, 7) is 2.02. The Morgan fingerprint density at radius 1 is 1.30 bits per heavy atom. The summed E-state index contributed by atoms with van der Waals surface area (Å²) < 4.78 is 28.6. The molecule has 0 spiro atoms. The van der Waals surface area contributed by atoms with Crippen LogP contribution in [0.3, 0.4) is 0 Å². The van der Waals surface area contributed by atoms with Crippen LogP contribution in [0.25, 0.3) is 0 Å². The van der Waals surface area contributed by atoms with E-state index in [0.29, 0.717) is 24.5 Å². The first-order chi connectivity index (χ1) is 9.57. The van der Waals surface area contributed by atoms with E-state index in [1.165, 1.54) is 0 Å². The number of ether oxygens (including phenoxy) is 1. The average Bonchev–Trinajstić information content (AvgIpc) is 2.39. The number of alkyl halides is 1. The van der Waals surface area contributed by atoms with Crippen LogP contribution in [0.15, 0.2) is 24.3 Å². The van der Waals surface area contributed by atoms with Crippen molar-refractivity contribution >= 4 is 21.4 Å². The normalized spacial score (nSPS) is 10.7. The van der Waals surface area contributed by atoms with Gasteiger partial charge in [0.05, 0.1) is 11.5 Å². The van der Waals surface area contributed by atoms with Crippen molar-refractivity contribution in [1.29, 1.82) is 0 Å². The van der Waals surface area contributed by atoms with Crippen LogP contribution in [0.5, 0.6) is 5.75 Å². The Balaban J connectivity index is 2.53. The Bertz CT molecular complexity index is 570. The number of rotatable bonds is 7. The van der Waals surface area contributed by atoms with Gasteiger partial charge in [-0.15, -0.1) is 11.6 Å². The first-order valence-corrected chi connectivity index (χ1v) is 8.91. The predicted molar refractivity (Wildman–Crippen MR) is 83.1 cm³/mol. The van der Waals surface area contributed by atoms with E-state index in [1.807, 2.05) is 19.1 Å². The van der Waals surface area contributed by atoms with E-state index in [4.69, 9.17) is 16.3 Å². The van der Waals surface area contributed by atoms with Gasteiger partial charge in [-0.1, -0.05) is 24.8 Å². The lowest BCUT2D eigenvalue weighted by Gasteiger charge is -2.06. The lowest BCUT2D eigenvalue weighted by molar-refractivity contribution is 0.341. The monoisotopic (exact) mass is 314 g/mol. The molecule has 0 fully saturated rings. The zero-order chi connectivity index (χ0) is 14.8. The van der Waals surface area contributed by atoms with Gasteiger partial charge >= 0.3 is 0 Å². The fraction of sp³-hybridized carbons (Fsp3) is 0.467. The minimum Gasteiger partial charge on any atom is -0.492 e. The molecule has 0 aromatic heterocycles. The maximum atomic E-state index is 11.5. The van der Waals surface area contributed by atoms with Crippen LogP contribution < -0.4 is 4.74 Å². The van der Waals surface area contributed by atoms with Crippen LogP contribution in [0.2, 0.25) is 0 Å². The molecule has 0 radical (unpaired) electrons. The molecule has 0 saturated heterocycles. The first-order valence-electron chi connectivity index (χ1n) is 6.55. The third-order valence-electron chi connectivity index (χ3n) is 2.46. The molecule has 0 aliphatic heterocycles. The summed E-state index contributed by atoms with van der Waals surface area (Å²) in [7, 11) is -3.00. The Kier molecular flexibility index (Phi) is 7.50. The molecule has 0 bridgehead atoms. The van der Waals surface area contributed by atoms with Crippen molar-refractivity contribution in [2.24, 2.45) is 0 Å². The van der Waals surface area contributed by atoms with Gasteiger partial charge in [0.15, 0.2) is 9.84 Å². The van der Waals surface area contributed by atoms with E-state index in [0.717, 1.165) is 5.56 Å². The van der Waals surface area contributed by atoms with E-state index < -0.39 is 9.84 Å². The first kappa shape index (κ1) is 16.9. The summed E-state index contributed by atoms with van der Waals surface area (Å²) in [6.07, 6.45) is 1.27. The standard InChI is InChI=1S/C15H19ClO3S/c1-2-11-20(17,18)12-10-19-15-8-5-7-14(13-15)6-3-4-9-16/h5,7-8,13H,2,4,9-12H2,1H3. The number of hydrogen-bond acceptors (Lipinski definition) is 3. The van der Waals surface area contributed by atoms with Crippen LogP contribution in [-0.4, -0.2) is 32.4 Å². The molecule has 1 rings (SSSR count). The molecule has 0 N–H and O–H groups in total. The third-order valence-corrected chi connectivity index (χ3v) is 4.47. The molecule has 3 nitrogen and oxygen atoms in total. The summed E-state index contributed by atoms with van der Waals surface area (Å²) in [5.74, 6) is 7.32. The van der Waals surface area contributed by atoms with Crippen LogP contribution in [-0.2, 0) is 9.84 Å². The molecule has 20 heavy (non-hydrogen) atoms. The second-order valence-corrected chi connectivity index (χ2v) is 6.95. The second-order valence-electron chi connectivity index (χ2n) is 4.27. The van der Waals surface area contributed by atoms with E-state index in [-0.39, 0.29) is 18.1 Å². The van der Waals surface area contributed by atoms with Crippen molar-refractivity contribution in [3.63, 3.8) is 0 Å². The van der Waals surface area contributed by atoms with Crippen molar-refractivity contribution in [3.8, 4) is 17.6 Å². The zero-order valence-corrected chi connectivity index (χ0v) is 13.1. The molecule has 0 aliphatic carbocycles. The minimum atomic E-state index is -3.00. The molecule has 0 heterocycles. The van der Waals surface area contributed by atoms with E-state index >= 15 is 0 Å². The van der Waals surface area contributed by atoms with E-state index in [2.05, 4.69) is 11.8 Å². The van der Waals surface area contributed by atoms with Gasteiger partial charge in [0.2, 0.25) is 0 Å². The molecular formula is C15H19ClO3S. The lowest BCUT2D eigenvalue weighted by Crippen LogP contribution is -2.16. The summed E-state index contributed by atoms with van der Waals surface area (Å²) in [4.78, 5) is 0. The Hall–Kier alpha value is -1.18. The molecule has 0 saturated carbocycles. The minimum absolute atomic E-state index is 0.0446. The third kappa shape index (κ3) is 6.83. The quantitative estimate of drug-likeness (QED) is 0.574. The topological polar surface area (TPSA) is 43.4 Å². The van der Waals surface area contributed by atoms with Gasteiger partial charge in [-0.3, -0.25) is 0 Å². The SMILES string of the molecule is CCCS(=O)(=O)CCOc1cccc(C#CCCCl)c1. The predicted octanol–water partition coefficient (Wildman–Crippen LogP) is 2.87. The maximum Gasteiger partial charge on any atom is 0.153 e. The van der Waals surface area contributed by atoms with Crippen molar-refractivity contribution in [1.82, 2.24) is 0 Å². The van der Waals surface area contributed by atoms with Gasteiger partial charge in [-0.25, -0.2) is 8.42 Å². The average molecular weight is 315 g/mol. The smallest absolute Gasteiger partial charge is 0.153 e. The van der Waals surface area contributed by atoms with Crippen LogP contribution >= 0.6 is 11.6 Å². The Labute approximate surface area is 126 Å². The Morgan fingerprint density at radius 3 is 2.80 bits per heavy atom. The molecule has 0 aliphatic rings. The van der Waals surface area contributed by atoms with Gasteiger partial charge in [0, 0.05) is 17.9 Å².